The average molecular weight is 786 g/mol. The van der Waals surface area contributed by atoms with Crippen LogP contribution in [0.25, 0.3) is 0 Å². The first kappa shape index (κ1) is 52.5. The van der Waals surface area contributed by atoms with Crippen LogP contribution in [0.1, 0.15) is 194 Å². The van der Waals surface area contributed by atoms with Crippen molar-refractivity contribution in [1.82, 2.24) is 0 Å². The van der Waals surface area contributed by atoms with Gasteiger partial charge in [0.05, 0.1) is 27.7 Å². The molecule has 1 unspecified atom stereocenters. The summed E-state index contributed by atoms with van der Waals surface area (Å²) in [6.45, 7) is 4.19. The molecule has 0 aromatic rings. The number of nitrogens with zero attached hydrogens (tertiary/aromatic N) is 1. The number of esters is 2. The fourth-order valence-corrected chi connectivity index (χ4v) is 6.67. The van der Waals surface area contributed by atoms with Crippen molar-refractivity contribution in [3.8, 4) is 0 Å². The van der Waals surface area contributed by atoms with Crippen molar-refractivity contribution >= 4 is 19.8 Å². The number of rotatable bonds is 40. The van der Waals surface area contributed by atoms with Crippen molar-refractivity contribution in [2.24, 2.45) is 0 Å². The fraction of sp³-hybridized carbons (Fsp3) is 0.864. The number of allylic oxidation sites excluding steroid dienone is 4. The van der Waals surface area contributed by atoms with Gasteiger partial charge in [-0.3, -0.25) is 14.2 Å². The van der Waals surface area contributed by atoms with Crippen molar-refractivity contribution in [1.29, 1.82) is 0 Å². The zero-order valence-electron chi connectivity index (χ0n) is 35.7. The second kappa shape index (κ2) is 37.1. The predicted molar refractivity (Wildman–Crippen MR) is 222 cm³/mol. The van der Waals surface area contributed by atoms with Gasteiger partial charge in [-0.15, -0.1) is 0 Å². The lowest BCUT2D eigenvalue weighted by molar-refractivity contribution is -0.870. The van der Waals surface area contributed by atoms with Crippen LogP contribution in [0.4, 0.5) is 0 Å². The molecule has 2 atom stereocenters. The van der Waals surface area contributed by atoms with Gasteiger partial charge in [-0.05, 0) is 64.2 Å². The lowest BCUT2D eigenvalue weighted by Crippen LogP contribution is -2.37. The molecule has 10 heteroatoms. The summed E-state index contributed by atoms with van der Waals surface area (Å²) in [7, 11) is 1.15. The molecule has 0 aromatic carbocycles. The van der Waals surface area contributed by atoms with E-state index >= 15 is 0 Å². The van der Waals surface area contributed by atoms with Crippen molar-refractivity contribution in [3.63, 3.8) is 0 Å². The third-order valence-electron chi connectivity index (χ3n) is 9.44. The molecular weight excluding hydrogens is 701 g/mol. The fourth-order valence-electron chi connectivity index (χ4n) is 5.94. The number of hydrogen-bond donors (Lipinski definition) is 0. The SMILES string of the molecule is CCCCCCCCCC/C=C/CCCCCC(=O)OC[C@H](COP(=O)([O-])OCC[N+](C)(C)C)OC(=O)CCCC/C=C/CCCCCCCCCCC. The predicted octanol–water partition coefficient (Wildman–Crippen LogP) is 11.7. The van der Waals surface area contributed by atoms with Crippen LogP contribution in [-0.4, -0.2) is 70.0 Å². The van der Waals surface area contributed by atoms with Gasteiger partial charge < -0.3 is 27.9 Å². The smallest absolute Gasteiger partial charge is 0.306 e. The highest BCUT2D eigenvalue weighted by atomic mass is 31.2. The molecule has 0 fully saturated rings. The largest absolute Gasteiger partial charge is 0.756 e. The molecule has 0 bridgehead atoms. The summed E-state index contributed by atoms with van der Waals surface area (Å²) in [6.07, 6.45) is 39.2. The molecule has 318 valence electrons. The first-order valence-electron chi connectivity index (χ1n) is 22.0. The van der Waals surface area contributed by atoms with E-state index in [-0.39, 0.29) is 26.1 Å². The van der Waals surface area contributed by atoms with E-state index in [0.717, 1.165) is 44.9 Å². The molecule has 0 aliphatic rings. The van der Waals surface area contributed by atoms with Gasteiger partial charge in [0.25, 0.3) is 7.82 Å². The Bertz CT molecular complexity index is 980. The molecule has 0 heterocycles. The number of unbranched alkanes of at least 4 members (excludes halogenated alkanes) is 22. The quantitative estimate of drug-likeness (QED) is 0.0198. The Hall–Kier alpha value is -1.51. The minimum Gasteiger partial charge on any atom is -0.756 e. The van der Waals surface area contributed by atoms with E-state index in [1.165, 1.54) is 109 Å². The zero-order chi connectivity index (χ0) is 40.0. The average Bonchev–Trinajstić information content (AvgIpc) is 3.12. The monoisotopic (exact) mass is 786 g/mol. The van der Waals surface area contributed by atoms with Crippen LogP contribution in [-0.2, 0) is 32.7 Å². The summed E-state index contributed by atoms with van der Waals surface area (Å²) in [5, 5.41) is 0. The maximum absolute atomic E-state index is 12.6. The number of phosphoric ester groups is 1. The first-order valence-corrected chi connectivity index (χ1v) is 23.5. The van der Waals surface area contributed by atoms with E-state index in [4.69, 9.17) is 18.5 Å². The summed E-state index contributed by atoms with van der Waals surface area (Å²) in [5.74, 6) is -0.875. The highest BCUT2D eigenvalue weighted by molar-refractivity contribution is 7.45. The van der Waals surface area contributed by atoms with E-state index in [9.17, 15) is 19.0 Å². The summed E-state index contributed by atoms with van der Waals surface area (Å²) >= 11 is 0. The van der Waals surface area contributed by atoms with E-state index in [0.29, 0.717) is 23.9 Å². The standard InChI is InChI=1S/C44H84NO8P/c1-6-8-10-12-14-16-18-20-22-24-26-28-30-32-34-36-43(46)50-40-42(41-52-54(48,49)51-39-38-45(3,4)5)53-44(47)37-35-33-31-29-27-25-23-21-19-17-15-13-11-9-7-2/h24,26-27,29,42H,6-23,25,28,30-41H2,1-5H3/b26-24+,29-27+/t42-/m1/s1. The normalized spacial score (nSPS) is 13.8. The molecule has 0 aliphatic carbocycles. The van der Waals surface area contributed by atoms with Crippen LogP contribution < -0.4 is 4.89 Å². The third kappa shape index (κ3) is 40.2. The van der Waals surface area contributed by atoms with Crippen LogP contribution in [0.15, 0.2) is 24.3 Å². The molecule has 0 saturated carbocycles. The molecular formula is C44H84NO8P. The Morgan fingerprint density at radius 1 is 0.556 bits per heavy atom. The molecule has 54 heavy (non-hydrogen) atoms. The number of likely N-dealkylation sites (N-methyl/N-ethyl adjacent to an activating group) is 1. The van der Waals surface area contributed by atoms with Gasteiger partial charge in [0.15, 0.2) is 6.10 Å². The highest BCUT2D eigenvalue weighted by Crippen LogP contribution is 2.38. The van der Waals surface area contributed by atoms with Crippen molar-refractivity contribution in [2.45, 2.75) is 200 Å². The van der Waals surface area contributed by atoms with Crippen molar-refractivity contribution < 1.29 is 42.1 Å². The molecule has 9 nitrogen and oxygen atoms in total. The Morgan fingerprint density at radius 3 is 1.41 bits per heavy atom. The van der Waals surface area contributed by atoms with Crippen LogP contribution in [0, 0.1) is 0 Å². The van der Waals surface area contributed by atoms with E-state index in [2.05, 4.69) is 38.2 Å². The summed E-state index contributed by atoms with van der Waals surface area (Å²) in [4.78, 5) is 37.5. The van der Waals surface area contributed by atoms with Gasteiger partial charge in [0.2, 0.25) is 0 Å². The van der Waals surface area contributed by atoms with Crippen LogP contribution in [0.3, 0.4) is 0 Å². The summed E-state index contributed by atoms with van der Waals surface area (Å²) in [6, 6.07) is 0. The van der Waals surface area contributed by atoms with Crippen LogP contribution >= 0.6 is 7.82 Å². The Labute approximate surface area is 332 Å². The Balaban J connectivity index is 4.40. The van der Waals surface area contributed by atoms with Gasteiger partial charge in [-0.2, -0.15) is 0 Å². The van der Waals surface area contributed by atoms with E-state index in [1.54, 1.807) is 0 Å². The second-order valence-corrected chi connectivity index (χ2v) is 17.5. The number of carbonyl (C=O) groups is 2. The Kier molecular flexibility index (Phi) is 36.1. The van der Waals surface area contributed by atoms with Crippen LogP contribution in [0.2, 0.25) is 0 Å². The molecule has 0 spiro atoms. The molecule has 0 saturated heterocycles. The molecule has 0 radical (unpaired) electrons. The van der Waals surface area contributed by atoms with E-state index in [1.807, 2.05) is 21.1 Å². The summed E-state index contributed by atoms with van der Waals surface area (Å²) in [5.41, 5.74) is 0. The maximum atomic E-state index is 12.6. The lowest BCUT2D eigenvalue weighted by atomic mass is 10.1. The number of carbonyl (C=O) groups excluding carboxylic acids is 2. The Morgan fingerprint density at radius 2 is 0.944 bits per heavy atom. The second-order valence-electron chi connectivity index (χ2n) is 16.1. The minimum atomic E-state index is -4.63. The number of quaternary nitrogens is 1. The number of ether oxygens (including phenoxy) is 2. The van der Waals surface area contributed by atoms with Gasteiger partial charge >= 0.3 is 11.9 Å². The molecule has 0 aliphatic heterocycles. The van der Waals surface area contributed by atoms with Crippen molar-refractivity contribution in [3.05, 3.63) is 24.3 Å². The topological polar surface area (TPSA) is 111 Å². The highest BCUT2D eigenvalue weighted by Gasteiger charge is 2.21. The van der Waals surface area contributed by atoms with Gasteiger partial charge in [0, 0.05) is 12.8 Å². The number of phosphoric acid groups is 1. The third-order valence-corrected chi connectivity index (χ3v) is 10.4. The van der Waals surface area contributed by atoms with E-state index < -0.39 is 32.5 Å². The van der Waals surface area contributed by atoms with Gasteiger partial charge in [-0.1, -0.05) is 141 Å². The molecule has 0 amide bonds. The summed E-state index contributed by atoms with van der Waals surface area (Å²) < 4.78 is 33.8. The van der Waals surface area contributed by atoms with Crippen molar-refractivity contribution in [2.75, 3.05) is 47.5 Å². The maximum Gasteiger partial charge on any atom is 0.306 e. The lowest BCUT2D eigenvalue weighted by Gasteiger charge is -2.28. The molecule has 0 N–H and O–H groups in total. The van der Waals surface area contributed by atoms with Crippen LogP contribution in [0.5, 0.6) is 0 Å². The zero-order valence-corrected chi connectivity index (χ0v) is 36.6. The first-order chi connectivity index (χ1) is 26.0. The van der Waals surface area contributed by atoms with Gasteiger partial charge in [-0.25, -0.2) is 0 Å². The van der Waals surface area contributed by atoms with Gasteiger partial charge in [0.1, 0.15) is 19.8 Å². The molecule has 0 rings (SSSR count). The molecule has 0 aromatic heterocycles. The number of hydrogen-bond acceptors (Lipinski definition) is 8. The minimum absolute atomic E-state index is 0.0353.